The van der Waals surface area contributed by atoms with Crippen molar-refractivity contribution in [1.29, 1.82) is 5.26 Å². The van der Waals surface area contributed by atoms with Crippen molar-refractivity contribution in [2.24, 2.45) is 0 Å². The topological polar surface area (TPSA) is 51.1 Å². The molecular weight excluding hydrogens is 323 g/mol. The van der Waals surface area contributed by atoms with E-state index in [0.29, 0.717) is 11.3 Å². The average molecular weight is 341 g/mol. The van der Waals surface area contributed by atoms with E-state index >= 15 is 0 Å². The van der Waals surface area contributed by atoms with E-state index in [4.69, 9.17) is 5.26 Å². The van der Waals surface area contributed by atoms with E-state index in [1.165, 1.54) is 0 Å². The van der Waals surface area contributed by atoms with Gasteiger partial charge in [0.05, 0.1) is 15.7 Å². The Hall–Kier alpha value is -1.16. The third-order valence-electron chi connectivity index (χ3n) is 3.38. The molecule has 2 rings (SSSR count). The Balaban J connectivity index is 1.79. The van der Waals surface area contributed by atoms with Crippen molar-refractivity contribution in [2.75, 3.05) is 44.6 Å². The van der Waals surface area contributed by atoms with Crippen LogP contribution in [0.1, 0.15) is 12.0 Å². The molecule has 2 N–H and O–H groups in total. The molecule has 0 amide bonds. The van der Waals surface area contributed by atoms with Gasteiger partial charge in [0.1, 0.15) is 6.07 Å². The van der Waals surface area contributed by atoms with Crippen LogP contribution >= 0.6 is 15.9 Å². The van der Waals surface area contributed by atoms with Gasteiger partial charge in [-0.25, -0.2) is 4.39 Å². The molecule has 1 fully saturated rings. The van der Waals surface area contributed by atoms with Crippen LogP contribution in [0.25, 0.3) is 0 Å². The van der Waals surface area contributed by atoms with Crippen LogP contribution in [0.4, 0.5) is 10.1 Å². The molecule has 0 unspecified atom stereocenters. The Morgan fingerprint density at radius 1 is 1.40 bits per heavy atom. The number of piperazine rings is 1. The van der Waals surface area contributed by atoms with Crippen LogP contribution in [0.3, 0.4) is 0 Å². The summed E-state index contributed by atoms with van der Waals surface area (Å²) in [6.07, 6.45) is 0.969. The van der Waals surface area contributed by atoms with Crippen LogP contribution in [0.15, 0.2) is 16.6 Å². The van der Waals surface area contributed by atoms with Gasteiger partial charge in [0, 0.05) is 32.7 Å². The van der Waals surface area contributed by atoms with Crippen LogP contribution in [0.2, 0.25) is 0 Å². The van der Waals surface area contributed by atoms with Crippen LogP contribution < -0.4 is 10.6 Å². The number of hydrogen-bond donors (Lipinski definition) is 2. The molecule has 0 saturated carbocycles. The number of halogens is 2. The highest BCUT2D eigenvalue weighted by Gasteiger charge is 2.11. The van der Waals surface area contributed by atoms with E-state index in [2.05, 4.69) is 31.5 Å². The zero-order valence-corrected chi connectivity index (χ0v) is 12.8. The number of nitriles is 1. The molecule has 1 aliphatic heterocycles. The SMILES string of the molecule is N#Cc1ccc(NCCCN2CCNCC2)c(F)c1Br. The van der Waals surface area contributed by atoms with E-state index < -0.39 is 5.82 Å². The minimum Gasteiger partial charge on any atom is -0.383 e. The second-order valence-electron chi connectivity index (χ2n) is 4.77. The zero-order chi connectivity index (χ0) is 14.4. The lowest BCUT2D eigenvalue weighted by Gasteiger charge is -2.27. The summed E-state index contributed by atoms with van der Waals surface area (Å²) in [5, 5.41) is 15.2. The second kappa shape index (κ2) is 7.58. The quantitative estimate of drug-likeness (QED) is 0.806. The Bertz CT molecular complexity index is 495. The van der Waals surface area contributed by atoms with Gasteiger partial charge < -0.3 is 15.5 Å². The second-order valence-corrected chi connectivity index (χ2v) is 5.57. The molecule has 4 nitrogen and oxygen atoms in total. The standard InChI is InChI=1S/C14H18BrFN4/c15-13-11(10-17)2-3-12(14(13)16)19-4-1-7-20-8-5-18-6-9-20/h2-3,18-19H,1,4-9H2. The number of benzene rings is 1. The maximum Gasteiger partial charge on any atom is 0.161 e. The third kappa shape index (κ3) is 3.92. The number of hydrogen-bond acceptors (Lipinski definition) is 4. The molecule has 0 spiro atoms. The van der Waals surface area contributed by atoms with Crippen molar-refractivity contribution in [1.82, 2.24) is 10.2 Å². The molecule has 1 heterocycles. The van der Waals surface area contributed by atoms with E-state index in [0.717, 1.165) is 45.7 Å². The lowest BCUT2D eigenvalue weighted by atomic mass is 10.2. The summed E-state index contributed by atoms with van der Waals surface area (Å²) in [5.74, 6) is -0.397. The lowest BCUT2D eigenvalue weighted by Crippen LogP contribution is -2.44. The minimum absolute atomic E-state index is 0.229. The monoisotopic (exact) mass is 340 g/mol. The smallest absolute Gasteiger partial charge is 0.161 e. The maximum atomic E-state index is 14.0. The predicted octanol–water partition coefficient (Wildman–Crippen LogP) is 2.17. The molecule has 0 aromatic heterocycles. The van der Waals surface area contributed by atoms with Crippen LogP contribution in [-0.4, -0.2) is 44.2 Å². The van der Waals surface area contributed by atoms with Gasteiger partial charge in [-0.3, -0.25) is 0 Å². The summed E-state index contributed by atoms with van der Waals surface area (Å²) >= 11 is 3.11. The Morgan fingerprint density at radius 2 is 2.15 bits per heavy atom. The Kier molecular flexibility index (Phi) is 5.77. The molecule has 20 heavy (non-hydrogen) atoms. The summed E-state index contributed by atoms with van der Waals surface area (Å²) in [4.78, 5) is 2.41. The zero-order valence-electron chi connectivity index (χ0n) is 11.3. The van der Waals surface area contributed by atoms with Crippen molar-refractivity contribution < 1.29 is 4.39 Å². The summed E-state index contributed by atoms with van der Waals surface area (Å²) < 4.78 is 14.2. The highest BCUT2D eigenvalue weighted by atomic mass is 79.9. The highest BCUT2D eigenvalue weighted by Crippen LogP contribution is 2.26. The first-order valence-electron chi connectivity index (χ1n) is 6.77. The first-order valence-corrected chi connectivity index (χ1v) is 7.56. The van der Waals surface area contributed by atoms with Crippen molar-refractivity contribution in [3.63, 3.8) is 0 Å². The number of nitrogens with one attached hydrogen (secondary N) is 2. The normalized spacial score (nSPS) is 15.8. The average Bonchev–Trinajstić information content (AvgIpc) is 2.49. The Morgan fingerprint density at radius 3 is 2.85 bits per heavy atom. The van der Waals surface area contributed by atoms with Gasteiger partial charge in [-0.05, 0) is 41.0 Å². The molecule has 1 aromatic rings. The summed E-state index contributed by atoms with van der Waals surface area (Å²) in [6, 6.07) is 5.18. The number of rotatable bonds is 5. The molecule has 0 atom stereocenters. The molecule has 0 radical (unpaired) electrons. The molecule has 6 heteroatoms. The highest BCUT2D eigenvalue weighted by molar-refractivity contribution is 9.10. The third-order valence-corrected chi connectivity index (χ3v) is 4.15. The van der Waals surface area contributed by atoms with Crippen LogP contribution in [0, 0.1) is 17.1 Å². The maximum absolute atomic E-state index is 14.0. The predicted molar refractivity (Wildman–Crippen MR) is 81.2 cm³/mol. The van der Waals surface area contributed by atoms with E-state index in [1.807, 2.05) is 6.07 Å². The van der Waals surface area contributed by atoms with Gasteiger partial charge in [0.25, 0.3) is 0 Å². The summed E-state index contributed by atoms with van der Waals surface area (Å²) in [5.41, 5.74) is 0.755. The van der Waals surface area contributed by atoms with Crippen LogP contribution in [-0.2, 0) is 0 Å². The first-order chi connectivity index (χ1) is 9.72. The number of nitrogens with zero attached hydrogens (tertiary/aromatic N) is 2. The van der Waals surface area contributed by atoms with Gasteiger partial charge in [-0.15, -0.1) is 0 Å². The minimum atomic E-state index is -0.397. The molecule has 1 aliphatic rings. The number of anilines is 1. The molecular formula is C14H18BrFN4. The van der Waals surface area contributed by atoms with E-state index in [1.54, 1.807) is 12.1 Å². The van der Waals surface area contributed by atoms with Gasteiger partial charge in [0.15, 0.2) is 5.82 Å². The van der Waals surface area contributed by atoms with Gasteiger partial charge in [-0.1, -0.05) is 0 Å². The van der Waals surface area contributed by atoms with Crippen molar-refractivity contribution in [2.45, 2.75) is 6.42 Å². The van der Waals surface area contributed by atoms with E-state index in [-0.39, 0.29) is 4.47 Å². The van der Waals surface area contributed by atoms with E-state index in [9.17, 15) is 4.39 Å². The molecule has 1 saturated heterocycles. The fraction of sp³-hybridized carbons (Fsp3) is 0.500. The van der Waals surface area contributed by atoms with Gasteiger partial charge in [-0.2, -0.15) is 5.26 Å². The van der Waals surface area contributed by atoms with Crippen molar-refractivity contribution in [3.05, 3.63) is 28.0 Å². The molecule has 0 bridgehead atoms. The van der Waals surface area contributed by atoms with Gasteiger partial charge >= 0.3 is 0 Å². The van der Waals surface area contributed by atoms with Crippen molar-refractivity contribution >= 4 is 21.6 Å². The fourth-order valence-electron chi connectivity index (χ4n) is 2.23. The molecule has 108 valence electrons. The summed E-state index contributed by atoms with van der Waals surface area (Å²) in [6.45, 7) is 6.00. The Labute approximate surface area is 127 Å². The first kappa shape index (κ1) is 15.2. The van der Waals surface area contributed by atoms with Crippen LogP contribution in [0.5, 0.6) is 0 Å². The fourth-order valence-corrected chi connectivity index (χ4v) is 2.67. The van der Waals surface area contributed by atoms with Gasteiger partial charge in [0.2, 0.25) is 0 Å². The molecule has 0 aliphatic carbocycles. The largest absolute Gasteiger partial charge is 0.383 e. The summed E-state index contributed by atoms with van der Waals surface area (Å²) in [7, 11) is 0. The molecule has 1 aromatic carbocycles. The lowest BCUT2D eigenvalue weighted by molar-refractivity contribution is 0.240. The van der Waals surface area contributed by atoms with Crippen molar-refractivity contribution in [3.8, 4) is 6.07 Å².